The van der Waals surface area contributed by atoms with E-state index in [9.17, 15) is 14.7 Å². The molecule has 2 heterocycles. The van der Waals surface area contributed by atoms with Gasteiger partial charge >= 0.3 is 5.97 Å². The Kier molecular flexibility index (Phi) is 7.34. The van der Waals surface area contributed by atoms with Crippen LogP contribution in [0.5, 0.6) is 0 Å². The molecular formula is C23H35N3O4. The van der Waals surface area contributed by atoms with E-state index in [1.165, 1.54) is 12.0 Å². The number of aromatic nitrogens is 1. The summed E-state index contributed by atoms with van der Waals surface area (Å²) < 4.78 is 5.84. The quantitative estimate of drug-likeness (QED) is 0.571. The van der Waals surface area contributed by atoms with Gasteiger partial charge in [0.05, 0.1) is 6.10 Å². The van der Waals surface area contributed by atoms with Gasteiger partial charge in [-0.3, -0.25) is 4.79 Å². The number of hydrogen-bond donors (Lipinski definition) is 3. The molecule has 1 atom stereocenters. The number of carbonyl (C=O) groups excluding carboxylic acids is 1. The number of aryl methyl sites for hydroxylation is 2. The van der Waals surface area contributed by atoms with Gasteiger partial charge in [0, 0.05) is 30.7 Å². The highest BCUT2D eigenvalue weighted by atomic mass is 16.5. The van der Waals surface area contributed by atoms with Crippen molar-refractivity contribution in [3.8, 4) is 0 Å². The smallest absolute Gasteiger partial charge is 0.326 e. The highest BCUT2D eigenvalue weighted by Crippen LogP contribution is 2.34. The standard InChI is InChI=1S/C23H35N3O4/c1-23(2,3)22(29)26-19(21(27)28)10-12-30-18-13-15(14-18)6-8-17-9-7-16-5-4-11-24-20(16)25-17/h7,9,15,18-19H,4-6,8,10-14H2,1-3H3,(H,24,25)(H,26,29)(H,27,28)/t15-,18-,19?. The normalized spacial score (nSPS) is 21.7. The molecule has 0 bridgehead atoms. The lowest BCUT2D eigenvalue weighted by Gasteiger charge is -2.35. The van der Waals surface area contributed by atoms with Crippen LogP contribution >= 0.6 is 0 Å². The number of carboxylic acid groups (broad SMARTS) is 1. The summed E-state index contributed by atoms with van der Waals surface area (Å²) in [7, 11) is 0. The second-order valence-electron chi connectivity index (χ2n) is 9.61. The predicted molar refractivity (Wildman–Crippen MR) is 115 cm³/mol. The van der Waals surface area contributed by atoms with E-state index in [1.54, 1.807) is 20.8 Å². The largest absolute Gasteiger partial charge is 0.480 e. The molecule has 3 rings (SSSR count). The first-order chi connectivity index (χ1) is 14.2. The van der Waals surface area contributed by atoms with Crippen LogP contribution < -0.4 is 10.6 Å². The predicted octanol–water partition coefficient (Wildman–Crippen LogP) is 3.17. The Bertz CT molecular complexity index is 753. The van der Waals surface area contributed by atoms with Crippen molar-refractivity contribution in [3.63, 3.8) is 0 Å². The molecule has 1 aliphatic heterocycles. The fourth-order valence-corrected chi connectivity index (χ4v) is 3.89. The van der Waals surface area contributed by atoms with Crippen molar-refractivity contribution in [2.45, 2.75) is 77.9 Å². The molecule has 1 aromatic rings. The number of nitrogens with one attached hydrogen (secondary N) is 2. The number of rotatable bonds is 9. The van der Waals surface area contributed by atoms with Crippen molar-refractivity contribution in [2.75, 3.05) is 18.5 Å². The SMILES string of the molecule is CC(C)(C)C(=O)NC(CCO[C@H]1C[C@H](CCc2ccc3c(n2)NCCC3)C1)C(=O)O. The van der Waals surface area contributed by atoms with Crippen LogP contribution in [0.25, 0.3) is 0 Å². The van der Waals surface area contributed by atoms with E-state index in [1.807, 2.05) is 0 Å². The summed E-state index contributed by atoms with van der Waals surface area (Å²) >= 11 is 0. The minimum Gasteiger partial charge on any atom is -0.480 e. The number of carbonyl (C=O) groups is 2. The number of fused-ring (bicyclic) bond motifs is 1. The summed E-state index contributed by atoms with van der Waals surface area (Å²) in [6.45, 7) is 6.65. The zero-order chi connectivity index (χ0) is 21.7. The molecule has 0 radical (unpaired) electrons. The molecular weight excluding hydrogens is 382 g/mol. The Morgan fingerprint density at radius 1 is 1.33 bits per heavy atom. The van der Waals surface area contributed by atoms with E-state index in [0.717, 1.165) is 50.2 Å². The van der Waals surface area contributed by atoms with Gasteiger partial charge in [-0.15, -0.1) is 0 Å². The molecule has 1 amide bonds. The zero-order valence-electron chi connectivity index (χ0n) is 18.4. The van der Waals surface area contributed by atoms with Gasteiger partial charge in [-0.1, -0.05) is 26.8 Å². The van der Waals surface area contributed by atoms with E-state index in [-0.39, 0.29) is 18.4 Å². The molecule has 2 aliphatic rings. The fourth-order valence-electron chi connectivity index (χ4n) is 3.89. The summed E-state index contributed by atoms with van der Waals surface area (Å²) in [4.78, 5) is 28.2. The van der Waals surface area contributed by atoms with Crippen LogP contribution in [-0.4, -0.2) is 47.3 Å². The third kappa shape index (κ3) is 6.17. The molecule has 1 unspecified atom stereocenters. The van der Waals surface area contributed by atoms with Gasteiger partial charge in [0.1, 0.15) is 11.9 Å². The lowest BCUT2D eigenvalue weighted by molar-refractivity contribution is -0.144. The number of anilines is 1. The van der Waals surface area contributed by atoms with Gasteiger partial charge in [0.25, 0.3) is 0 Å². The maximum absolute atomic E-state index is 12.0. The molecule has 30 heavy (non-hydrogen) atoms. The monoisotopic (exact) mass is 417 g/mol. The maximum Gasteiger partial charge on any atom is 0.326 e. The molecule has 0 spiro atoms. The van der Waals surface area contributed by atoms with Crippen LogP contribution in [0.4, 0.5) is 5.82 Å². The van der Waals surface area contributed by atoms with Crippen LogP contribution in [0.15, 0.2) is 12.1 Å². The molecule has 7 heteroatoms. The molecule has 0 saturated heterocycles. The van der Waals surface area contributed by atoms with Crippen LogP contribution in [-0.2, 0) is 27.2 Å². The molecule has 1 aromatic heterocycles. The zero-order valence-corrected chi connectivity index (χ0v) is 18.4. The molecule has 1 saturated carbocycles. The highest BCUT2D eigenvalue weighted by molar-refractivity contribution is 5.86. The van der Waals surface area contributed by atoms with Gasteiger partial charge in [-0.25, -0.2) is 9.78 Å². The van der Waals surface area contributed by atoms with Crippen LogP contribution in [0, 0.1) is 11.3 Å². The summed E-state index contributed by atoms with van der Waals surface area (Å²) in [5.41, 5.74) is 1.85. The van der Waals surface area contributed by atoms with Gasteiger partial charge in [-0.05, 0) is 56.1 Å². The Labute approximate surface area is 179 Å². The fraction of sp³-hybridized carbons (Fsp3) is 0.696. The third-order valence-electron chi connectivity index (χ3n) is 6.00. The second-order valence-corrected chi connectivity index (χ2v) is 9.61. The minimum absolute atomic E-state index is 0.195. The van der Waals surface area contributed by atoms with Crippen molar-refractivity contribution in [2.24, 2.45) is 11.3 Å². The summed E-state index contributed by atoms with van der Waals surface area (Å²) in [5.74, 6) is 0.413. The minimum atomic E-state index is -1.02. The number of carboxylic acids is 1. The third-order valence-corrected chi connectivity index (χ3v) is 6.00. The van der Waals surface area contributed by atoms with E-state index >= 15 is 0 Å². The molecule has 166 valence electrons. The van der Waals surface area contributed by atoms with E-state index in [4.69, 9.17) is 9.72 Å². The number of hydrogen-bond acceptors (Lipinski definition) is 5. The number of aliphatic carboxylic acids is 1. The van der Waals surface area contributed by atoms with Crippen molar-refractivity contribution in [1.82, 2.24) is 10.3 Å². The lowest BCUT2D eigenvalue weighted by atomic mass is 9.79. The van der Waals surface area contributed by atoms with Gasteiger partial charge in [-0.2, -0.15) is 0 Å². The van der Waals surface area contributed by atoms with Gasteiger partial charge in [0.15, 0.2) is 0 Å². The topological polar surface area (TPSA) is 101 Å². The Morgan fingerprint density at radius 3 is 2.80 bits per heavy atom. The highest BCUT2D eigenvalue weighted by Gasteiger charge is 2.31. The number of ether oxygens (including phenoxy) is 1. The number of pyridine rings is 1. The average Bonchev–Trinajstić information content (AvgIpc) is 2.66. The first-order valence-corrected chi connectivity index (χ1v) is 11.1. The van der Waals surface area contributed by atoms with Crippen molar-refractivity contribution < 1.29 is 19.4 Å². The molecule has 3 N–H and O–H groups in total. The molecule has 7 nitrogen and oxygen atoms in total. The Morgan fingerprint density at radius 2 is 2.10 bits per heavy atom. The van der Waals surface area contributed by atoms with Crippen molar-refractivity contribution in [1.29, 1.82) is 0 Å². The first kappa shape index (κ1) is 22.5. The lowest BCUT2D eigenvalue weighted by Crippen LogP contribution is -2.46. The number of amides is 1. The van der Waals surface area contributed by atoms with Crippen molar-refractivity contribution >= 4 is 17.7 Å². The van der Waals surface area contributed by atoms with Crippen molar-refractivity contribution in [3.05, 3.63) is 23.4 Å². The van der Waals surface area contributed by atoms with Crippen LogP contribution in [0.1, 0.15) is 64.1 Å². The summed E-state index contributed by atoms with van der Waals surface area (Å²) in [6.07, 6.45) is 6.86. The van der Waals surface area contributed by atoms with E-state index in [2.05, 4.69) is 22.8 Å². The molecule has 1 aliphatic carbocycles. The first-order valence-electron chi connectivity index (χ1n) is 11.1. The number of nitrogens with zero attached hydrogens (tertiary/aromatic N) is 1. The summed E-state index contributed by atoms with van der Waals surface area (Å²) in [5, 5.41) is 15.3. The van der Waals surface area contributed by atoms with Gasteiger partial charge in [0.2, 0.25) is 5.91 Å². The Hall–Kier alpha value is -2.15. The maximum atomic E-state index is 12.0. The second kappa shape index (κ2) is 9.77. The Balaban J connectivity index is 1.33. The summed E-state index contributed by atoms with van der Waals surface area (Å²) in [6, 6.07) is 3.45. The molecule has 0 aromatic carbocycles. The van der Waals surface area contributed by atoms with Gasteiger partial charge < -0.3 is 20.5 Å². The van der Waals surface area contributed by atoms with Crippen LogP contribution in [0.2, 0.25) is 0 Å². The molecule has 1 fully saturated rings. The van der Waals surface area contributed by atoms with E-state index in [0.29, 0.717) is 12.5 Å². The van der Waals surface area contributed by atoms with Crippen LogP contribution in [0.3, 0.4) is 0 Å². The van der Waals surface area contributed by atoms with E-state index < -0.39 is 17.4 Å². The average molecular weight is 418 g/mol.